The van der Waals surface area contributed by atoms with Crippen LogP contribution >= 0.6 is 15.9 Å². The second kappa shape index (κ2) is 6.61. The number of nitrogens with one attached hydrogen (secondary N) is 1. The van der Waals surface area contributed by atoms with E-state index in [-0.39, 0.29) is 10.6 Å². The SMILES string of the molecule is Cc1ncc(-c2ccc(C)c(S(=O)(=O)Nc3ccc(Br)cc3F)c2)o1. The van der Waals surface area contributed by atoms with Crippen LogP contribution in [0.5, 0.6) is 0 Å². The second-order valence-corrected chi connectivity index (χ2v) is 8.02. The Kier molecular flexibility index (Phi) is 4.66. The quantitative estimate of drug-likeness (QED) is 0.660. The van der Waals surface area contributed by atoms with Gasteiger partial charge in [0.1, 0.15) is 5.82 Å². The summed E-state index contributed by atoms with van der Waals surface area (Å²) in [5.41, 5.74) is 0.983. The van der Waals surface area contributed by atoms with E-state index in [4.69, 9.17) is 4.42 Å². The number of rotatable bonds is 4. The lowest BCUT2D eigenvalue weighted by atomic mass is 10.1. The highest BCUT2D eigenvalue weighted by Crippen LogP contribution is 2.28. The molecule has 0 aliphatic heterocycles. The first kappa shape index (κ1) is 17.6. The van der Waals surface area contributed by atoms with Crippen LogP contribution in [0.4, 0.5) is 10.1 Å². The second-order valence-electron chi connectivity index (χ2n) is 5.45. The third-order valence-electron chi connectivity index (χ3n) is 3.56. The van der Waals surface area contributed by atoms with Crippen molar-refractivity contribution in [1.82, 2.24) is 4.98 Å². The van der Waals surface area contributed by atoms with Crippen LogP contribution in [0.2, 0.25) is 0 Å². The Bertz CT molecular complexity index is 1050. The van der Waals surface area contributed by atoms with Gasteiger partial charge >= 0.3 is 0 Å². The number of nitrogens with zero attached hydrogens (tertiary/aromatic N) is 1. The van der Waals surface area contributed by atoms with Gasteiger partial charge in [-0.05, 0) is 36.8 Å². The molecule has 0 bridgehead atoms. The molecular formula is C17H14BrFN2O3S. The molecule has 0 saturated carbocycles. The normalized spacial score (nSPS) is 11.5. The summed E-state index contributed by atoms with van der Waals surface area (Å²) in [5.74, 6) is 0.274. The number of anilines is 1. The highest BCUT2D eigenvalue weighted by Gasteiger charge is 2.20. The van der Waals surface area contributed by atoms with E-state index in [2.05, 4.69) is 25.6 Å². The summed E-state index contributed by atoms with van der Waals surface area (Å²) in [7, 11) is -3.97. The molecule has 0 radical (unpaired) electrons. The molecule has 0 unspecified atom stereocenters. The molecule has 1 heterocycles. The van der Waals surface area contributed by atoms with Gasteiger partial charge in [0, 0.05) is 17.0 Å². The summed E-state index contributed by atoms with van der Waals surface area (Å²) >= 11 is 3.14. The smallest absolute Gasteiger partial charge is 0.262 e. The predicted octanol–water partition coefficient (Wildman–Crippen LogP) is 4.66. The van der Waals surface area contributed by atoms with Gasteiger partial charge in [-0.1, -0.05) is 28.1 Å². The monoisotopic (exact) mass is 424 g/mol. The molecule has 0 spiro atoms. The average Bonchev–Trinajstić information content (AvgIpc) is 2.97. The first-order valence-electron chi connectivity index (χ1n) is 7.27. The van der Waals surface area contributed by atoms with Crippen LogP contribution in [-0.4, -0.2) is 13.4 Å². The summed E-state index contributed by atoms with van der Waals surface area (Å²) in [6, 6.07) is 9.00. The number of hydrogen-bond acceptors (Lipinski definition) is 4. The Hall–Kier alpha value is -2.19. The molecule has 0 saturated heterocycles. The van der Waals surface area contributed by atoms with Crippen LogP contribution in [0.15, 0.2) is 56.4 Å². The Morgan fingerprint density at radius 2 is 1.92 bits per heavy atom. The van der Waals surface area contributed by atoms with Crippen LogP contribution in [0.3, 0.4) is 0 Å². The van der Waals surface area contributed by atoms with Crippen molar-refractivity contribution < 1.29 is 17.2 Å². The Labute approximate surface area is 153 Å². The highest BCUT2D eigenvalue weighted by molar-refractivity contribution is 9.10. The lowest BCUT2D eigenvalue weighted by Gasteiger charge is -2.12. The lowest BCUT2D eigenvalue weighted by molar-refractivity contribution is 0.534. The molecule has 130 valence electrons. The van der Waals surface area contributed by atoms with E-state index in [0.29, 0.717) is 27.3 Å². The van der Waals surface area contributed by atoms with Crippen molar-refractivity contribution in [2.45, 2.75) is 18.7 Å². The number of aromatic nitrogens is 1. The van der Waals surface area contributed by atoms with Crippen molar-refractivity contribution in [3.8, 4) is 11.3 Å². The van der Waals surface area contributed by atoms with Crippen molar-refractivity contribution in [2.24, 2.45) is 0 Å². The predicted molar refractivity (Wildman–Crippen MR) is 96.3 cm³/mol. The van der Waals surface area contributed by atoms with E-state index in [1.165, 1.54) is 24.4 Å². The van der Waals surface area contributed by atoms with Crippen molar-refractivity contribution in [3.05, 3.63) is 64.3 Å². The first-order valence-corrected chi connectivity index (χ1v) is 9.55. The van der Waals surface area contributed by atoms with E-state index in [1.807, 2.05) is 0 Å². The molecule has 2 aromatic carbocycles. The van der Waals surface area contributed by atoms with Gasteiger partial charge in [-0.15, -0.1) is 0 Å². The summed E-state index contributed by atoms with van der Waals surface area (Å²) < 4.78 is 47.6. The van der Waals surface area contributed by atoms with Gasteiger partial charge in [-0.3, -0.25) is 4.72 Å². The van der Waals surface area contributed by atoms with Crippen LogP contribution < -0.4 is 4.72 Å². The number of sulfonamides is 1. The van der Waals surface area contributed by atoms with Gasteiger partial charge in [0.25, 0.3) is 10.0 Å². The minimum absolute atomic E-state index is 0.0429. The van der Waals surface area contributed by atoms with Crippen molar-refractivity contribution in [3.63, 3.8) is 0 Å². The number of halogens is 2. The maximum atomic E-state index is 14.0. The van der Waals surface area contributed by atoms with Crippen LogP contribution in [-0.2, 0) is 10.0 Å². The number of benzene rings is 2. The standard InChI is InChI=1S/C17H14BrFN2O3S/c1-10-3-4-12(16-9-20-11(2)24-16)7-17(10)25(22,23)21-15-6-5-13(18)8-14(15)19/h3-9,21H,1-2H3. The average molecular weight is 425 g/mol. The van der Waals surface area contributed by atoms with Crippen LogP contribution in [0.25, 0.3) is 11.3 Å². The molecule has 3 aromatic rings. The molecule has 0 aliphatic rings. The van der Waals surface area contributed by atoms with Crippen molar-refractivity contribution in [2.75, 3.05) is 4.72 Å². The number of aryl methyl sites for hydroxylation is 2. The minimum atomic E-state index is -3.97. The van der Waals surface area contributed by atoms with Crippen LogP contribution in [0.1, 0.15) is 11.5 Å². The van der Waals surface area contributed by atoms with E-state index < -0.39 is 15.8 Å². The number of hydrogen-bond donors (Lipinski definition) is 1. The van der Waals surface area contributed by atoms with Gasteiger partial charge in [-0.25, -0.2) is 17.8 Å². The van der Waals surface area contributed by atoms with Gasteiger partial charge in [-0.2, -0.15) is 0 Å². The fourth-order valence-corrected chi connectivity index (χ4v) is 3.98. The largest absolute Gasteiger partial charge is 0.441 e. The Morgan fingerprint density at radius 1 is 1.16 bits per heavy atom. The lowest BCUT2D eigenvalue weighted by Crippen LogP contribution is -2.15. The molecule has 0 amide bonds. The van der Waals surface area contributed by atoms with E-state index in [0.717, 1.165) is 0 Å². The van der Waals surface area contributed by atoms with Crippen LogP contribution in [0, 0.1) is 19.7 Å². The fourth-order valence-electron chi connectivity index (χ4n) is 2.31. The minimum Gasteiger partial charge on any atom is -0.441 e. The fraction of sp³-hybridized carbons (Fsp3) is 0.118. The van der Waals surface area contributed by atoms with E-state index in [1.54, 1.807) is 32.0 Å². The van der Waals surface area contributed by atoms with Gasteiger partial charge in [0.2, 0.25) is 0 Å². The summed E-state index contributed by atoms with van der Waals surface area (Å²) in [4.78, 5) is 4.05. The molecule has 1 N–H and O–H groups in total. The van der Waals surface area contributed by atoms with Crippen molar-refractivity contribution in [1.29, 1.82) is 0 Å². The van der Waals surface area contributed by atoms with Gasteiger partial charge < -0.3 is 4.42 Å². The molecule has 1 aromatic heterocycles. The zero-order valence-electron chi connectivity index (χ0n) is 13.4. The summed E-state index contributed by atoms with van der Waals surface area (Å²) in [5, 5.41) is 0. The maximum Gasteiger partial charge on any atom is 0.262 e. The van der Waals surface area contributed by atoms with E-state index in [9.17, 15) is 12.8 Å². The Balaban J connectivity index is 2.01. The van der Waals surface area contributed by atoms with E-state index >= 15 is 0 Å². The van der Waals surface area contributed by atoms with Gasteiger partial charge in [0.15, 0.2) is 11.7 Å². The zero-order chi connectivity index (χ0) is 18.2. The molecule has 25 heavy (non-hydrogen) atoms. The molecule has 0 fully saturated rings. The molecular weight excluding hydrogens is 411 g/mol. The zero-order valence-corrected chi connectivity index (χ0v) is 15.8. The third kappa shape index (κ3) is 3.74. The Morgan fingerprint density at radius 3 is 2.56 bits per heavy atom. The highest BCUT2D eigenvalue weighted by atomic mass is 79.9. The maximum absolute atomic E-state index is 14.0. The molecule has 5 nitrogen and oxygen atoms in total. The summed E-state index contributed by atoms with van der Waals surface area (Å²) in [6.45, 7) is 3.37. The molecule has 0 atom stereocenters. The first-order chi connectivity index (χ1) is 11.8. The summed E-state index contributed by atoms with van der Waals surface area (Å²) in [6.07, 6.45) is 1.53. The molecule has 8 heteroatoms. The topological polar surface area (TPSA) is 72.2 Å². The van der Waals surface area contributed by atoms with Crippen molar-refractivity contribution >= 4 is 31.6 Å². The molecule has 3 rings (SSSR count). The molecule has 0 aliphatic carbocycles. The third-order valence-corrected chi connectivity index (χ3v) is 5.56. The number of oxazole rings is 1. The van der Waals surface area contributed by atoms with Gasteiger partial charge in [0.05, 0.1) is 16.8 Å².